The van der Waals surface area contributed by atoms with E-state index >= 15 is 0 Å². The lowest BCUT2D eigenvalue weighted by atomic mass is 10.2. The zero-order valence-corrected chi connectivity index (χ0v) is 12.9. The fourth-order valence-electron chi connectivity index (χ4n) is 1.66. The van der Waals surface area contributed by atoms with Gasteiger partial charge in [-0.2, -0.15) is 0 Å². The quantitative estimate of drug-likeness (QED) is 0.833. The summed E-state index contributed by atoms with van der Waals surface area (Å²) >= 11 is 11.7. The van der Waals surface area contributed by atoms with Gasteiger partial charge in [-0.25, -0.2) is 17.5 Å². The third-order valence-electron chi connectivity index (χ3n) is 2.74. The van der Waals surface area contributed by atoms with Gasteiger partial charge in [-0.3, -0.25) is 0 Å². The van der Waals surface area contributed by atoms with Crippen molar-refractivity contribution in [3.8, 4) is 0 Å². The zero-order chi connectivity index (χ0) is 15.6. The second-order valence-corrected chi connectivity index (χ2v) is 6.75. The fourth-order valence-corrected chi connectivity index (χ4v) is 3.44. The van der Waals surface area contributed by atoms with E-state index in [0.29, 0.717) is 5.56 Å². The molecule has 112 valence electrons. The van der Waals surface area contributed by atoms with Crippen LogP contribution in [0.3, 0.4) is 0 Å². The van der Waals surface area contributed by atoms with E-state index in [1.807, 2.05) is 0 Å². The lowest BCUT2D eigenvalue weighted by molar-refractivity contribution is 0.580. The summed E-state index contributed by atoms with van der Waals surface area (Å²) in [6.45, 7) is -0.0705. The van der Waals surface area contributed by atoms with Crippen molar-refractivity contribution in [2.45, 2.75) is 11.4 Å². The van der Waals surface area contributed by atoms with Crippen molar-refractivity contribution < 1.29 is 12.8 Å². The van der Waals surface area contributed by atoms with Gasteiger partial charge in [-0.15, -0.1) is 0 Å². The number of nitrogens with one attached hydrogen (secondary N) is 1. The molecule has 8 heteroatoms. The van der Waals surface area contributed by atoms with Crippen LogP contribution in [0.5, 0.6) is 0 Å². The summed E-state index contributed by atoms with van der Waals surface area (Å²) in [5.41, 5.74) is 6.08. The topological polar surface area (TPSA) is 72.2 Å². The predicted molar refractivity (Wildman–Crippen MR) is 81.3 cm³/mol. The Balaban J connectivity index is 2.25. The predicted octanol–water partition coefficient (Wildman–Crippen LogP) is 3.19. The molecule has 0 radical (unpaired) electrons. The first kappa shape index (κ1) is 16.0. The maximum absolute atomic E-state index is 13.0. The molecule has 4 nitrogen and oxygen atoms in total. The van der Waals surface area contributed by atoms with Gasteiger partial charge in [0.25, 0.3) is 0 Å². The Morgan fingerprint density at radius 3 is 2.57 bits per heavy atom. The van der Waals surface area contributed by atoms with Crippen molar-refractivity contribution in [3.63, 3.8) is 0 Å². The smallest absolute Gasteiger partial charge is 0.242 e. The third-order valence-corrected chi connectivity index (χ3v) is 5.03. The molecule has 0 saturated carbocycles. The first-order chi connectivity index (χ1) is 9.81. The number of hydrogen-bond donors (Lipinski definition) is 2. The Kier molecular flexibility index (Phi) is 4.73. The minimum Gasteiger partial charge on any atom is -0.396 e. The van der Waals surface area contributed by atoms with Gasteiger partial charge >= 0.3 is 0 Å². The Morgan fingerprint density at radius 2 is 1.90 bits per heavy atom. The summed E-state index contributed by atoms with van der Waals surface area (Å²) in [4.78, 5) is -0.178. The van der Waals surface area contributed by atoms with Crippen molar-refractivity contribution in [1.29, 1.82) is 0 Å². The van der Waals surface area contributed by atoms with Crippen molar-refractivity contribution >= 4 is 38.9 Å². The third kappa shape index (κ3) is 3.65. The first-order valence-electron chi connectivity index (χ1n) is 5.79. The van der Waals surface area contributed by atoms with Gasteiger partial charge in [0, 0.05) is 6.54 Å². The van der Waals surface area contributed by atoms with Crippen LogP contribution < -0.4 is 10.5 Å². The van der Waals surface area contributed by atoms with Crippen LogP contribution in [0, 0.1) is 5.82 Å². The molecule has 2 aromatic rings. The van der Waals surface area contributed by atoms with Gasteiger partial charge in [0.15, 0.2) is 0 Å². The molecular formula is C13H11Cl2FN2O2S. The SMILES string of the molecule is Nc1c(Cl)ccc(S(=O)(=O)NCc2cccc(F)c2)c1Cl. The van der Waals surface area contributed by atoms with Gasteiger partial charge in [-0.1, -0.05) is 35.3 Å². The maximum Gasteiger partial charge on any atom is 0.242 e. The molecule has 0 fully saturated rings. The lowest BCUT2D eigenvalue weighted by Gasteiger charge is -2.10. The summed E-state index contributed by atoms with van der Waals surface area (Å²) < 4.78 is 39.7. The van der Waals surface area contributed by atoms with Gasteiger partial charge in [0.05, 0.1) is 15.7 Å². The van der Waals surface area contributed by atoms with E-state index in [9.17, 15) is 12.8 Å². The summed E-state index contributed by atoms with van der Waals surface area (Å²) in [7, 11) is -3.88. The number of nitrogens with two attached hydrogens (primary N) is 1. The van der Waals surface area contributed by atoms with Crippen molar-refractivity contribution in [3.05, 3.63) is 57.8 Å². The second-order valence-electron chi connectivity index (χ2n) is 4.23. The molecule has 0 amide bonds. The van der Waals surface area contributed by atoms with E-state index in [2.05, 4.69) is 4.72 Å². The second kappa shape index (κ2) is 6.19. The Bertz CT molecular complexity index is 782. The van der Waals surface area contributed by atoms with Gasteiger partial charge < -0.3 is 5.73 Å². The first-order valence-corrected chi connectivity index (χ1v) is 8.03. The largest absolute Gasteiger partial charge is 0.396 e. The number of halogens is 3. The Labute approximate surface area is 131 Å². The minimum absolute atomic E-state index is 0.00744. The number of anilines is 1. The van der Waals surface area contributed by atoms with Crippen molar-refractivity contribution in [1.82, 2.24) is 4.72 Å². The van der Waals surface area contributed by atoms with E-state index in [0.717, 1.165) is 0 Å². The Hall–Kier alpha value is -1.34. The zero-order valence-electron chi connectivity index (χ0n) is 10.6. The highest BCUT2D eigenvalue weighted by atomic mass is 35.5. The molecule has 0 aliphatic carbocycles. The van der Waals surface area contributed by atoms with E-state index < -0.39 is 15.8 Å². The van der Waals surface area contributed by atoms with Crippen LogP contribution in [0.15, 0.2) is 41.3 Å². The highest BCUT2D eigenvalue weighted by molar-refractivity contribution is 7.89. The van der Waals surface area contributed by atoms with E-state index in [1.165, 1.54) is 30.3 Å². The molecule has 0 atom stereocenters. The highest BCUT2D eigenvalue weighted by Crippen LogP contribution is 2.32. The molecule has 21 heavy (non-hydrogen) atoms. The molecule has 0 bridgehead atoms. The van der Waals surface area contributed by atoms with Crippen LogP contribution in [0.25, 0.3) is 0 Å². The van der Waals surface area contributed by atoms with Crippen LogP contribution in [-0.2, 0) is 16.6 Å². The van der Waals surface area contributed by atoms with Gasteiger partial charge in [-0.05, 0) is 29.8 Å². The molecule has 0 unspecified atom stereocenters. The van der Waals surface area contributed by atoms with Crippen LogP contribution in [0.2, 0.25) is 10.0 Å². The average molecular weight is 349 g/mol. The summed E-state index contributed by atoms with van der Waals surface area (Å²) in [5, 5.41) is 0.0262. The van der Waals surface area contributed by atoms with Crippen LogP contribution >= 0.6 is 23.2 Å². The summed E-state index contributed by atoms with van der Waals surface area (Å²) in [6.07, 6.45) is 0. The number of sulfonamides is 1. The van der Waals surface area contributed by atoms with Crippen molar-refractivity contribution in [2.24, 2.45) is 0 Å². The summed E-state index contributed by atoms with van der Waals surface area (Å²) in [5.74, 6) is -0.444. The Morgan fingerprint density at radius 1 is 1.19 bits per heavy atom. The molecule has 3 N–H and O–H groups in total. The maximum atomic E-state index is 13.0. The normalized spacial score (nSPS) is 11.6. The minimum atomic E-state index is -3.88. The molecule has 2 aromatic carbocycles. The van der Waals surface area contributed by atoms with E-state index in [1.54, 1.807) is 6.07 Å². The van der Waals surface area contributed by atoms with Gasteiger partial charge in [0.1, 0.15) is 10.7 Å². The van der Waals surface area contributed by atoms with E-state index in [-0.39, 0.29) is 27.2 Å². The number of nitrogen functional groups attached to an aromatic ring is 1. The highest BCUT2D eigenvalue weighted by Gasteiger charge is 2.20. The van der Waals surface area contributed by atoms with Crippen LogP contribution in [0.4, 0.5) is 10.1 Å². The fraction of sp³-hybridized carbons (Fsp3) is 0.0769. The van der Waals surface area contributed by atoms with Gasteiger partial charge in [0.2, 0.25) is 10.0 Å². The van der Waals surface area contributed by atoms with Crippen molar-refractivity contribution in [2.75, 3.05) is 5.73 Å². The number of benzene rings is 2. The van der Waals surface area contributed by atoms with Crippen LogP contribution in [0.1, 0.15) is 5.56 Å². The average Bonchev–Trinajstić information content (AvgIpc) is 2.43. The molecule has 0 heterocycles. The molecule has 0 spiro atoms. The lowest BCUT2D eigenvalue weighted by Crippen LogP contribution is -2.23. The standard InChI is InChI=1S/C13H11Cl2FN2O2S/c14-10-4-5-11(12(15)13(10)17)21(19,20)18-7-8-2-1-3-9(16)6-8/h1-6,18H,7,17H2. The monoisotopic (exact) mass is 348 g/mol. The summed E-state index contributed by atoms with van der Waals surface area (Å²) in [6, 6.07) is 8.21. The van der Waals surface area contributed by atoms with Crippen LogP contribution in [-0.4, -0.2) is 8.42 Å². The number of rotatable bonds is 4. The molecule has 0 aliphatic rings. The molecule has 0 aliphatic heterocycles. The molecular weight excluding hydrogens is 338 g/mol. The molecule has 2 rings (SSSR count). The molecule has 0 aromatic heterocycles. The molecule has 0 saturated heterocycles. The number of hydrogen-bond acceptors (Lipinski definition) is 3. The van der Waals surface area contributed by atoms with E-state index in [4.69, 9.17) is 28.9 Å².